The van der Waals surface area contributed by atoms with Gasteiger partial charge >= 0.3 is 0 Å². The Morgan fingerprint density at radius 1 is 1.03 bits per heavy atom. The first kappa shape index (κ1) is 22.4. The summed E-state index contributed by atoms with van der Waals surface area (Å²) in [5.74, 6) is 2.95. The average molecular weight is 435 g/mol. The van der Waals surface area contributed by atoms with Crippen LogP contribution in [0.3, 0.4) is 0 Å². The van der Waals surface area contributed by atoms with Crippen molar-refractivity contribution in [2.75, 3.05) is 0 Å². The second-order valence-corrected chi connectivity index (χ2v) is 12.2. The van der Waals surface area contributed by atoms with Gasteiger partial charge in [-0.05, 0) is 117 Å². The predicted molar refractivity (Wildman–Crippen MR) is 130 cm³/mol. The molecule has 4 aliphatic rings. The molecule has 1 aromatic rings. The van der Waals surface area contributed by atoms with E-state index < -0.39 is 0 Å². The van der Waals surface area contributed by atoms with Gasteiger partial charge in [-0.3, -0.25) is 4.79 Å². The van der Waals surface area contributed by atoms with E-state index in [-0.39, 0.29) is 22.9 Å². The summed E-state index contributed by atoms with van der Waals surface area (Å²) in [6.07, 6.45) is 12.9. The van der Waals surface area contributed by atoms with Crippen molar-refractivity contribution < 1.29 is 9.90 Å². The number of allylic oxidation sites excluding steroid dienone is 1. The quantitative estimate of drug-likeness (QED) is 0.533. The van der Waals surface area contributed by atoms with Crippen LogP contribution in [0, 0.1) is 48.3 Å². The van der Waals surface area contributed by atoms with Crippen LogP contribution in [-0.4, -0.2) is 17.0 Å². The van der Waals surface area contributed by atoms with Gasteiger partial charge in [0.15, 0.2) is 0 Å². The molecule has 0 aliphatic heterocycles. The molecular weight excluding hydrogens is 392 g/mol. The minimum atomic E-state index is -0.134. The minimum absolute atomic E-state index is 0.134. The standard InChI is InChI=1S/C30H42O2/c1-19-6-5-7-20(2)23(19)10-13-28(32)27-12-11-25-24-9-8-21-18-22(31)14-16-29(21,3)26(24)15-17-30(25,27)4/h5-8,22,24-27,31H,9-18H2,1-4H3/t22-,24-,25-,26-,27?,29-,30-/m0/s1. The number of aliphatic hydroxyl groups is 1. The monoisotopic (exact) mass is 434 g/mol. The SMILES string of the molecule is Cc1cccc(C)c1CCC(=O)C1CC[C@H]2[C@@H]3CC=C4C[C@@H](O)CC[C@]4(C)[C@H]3CC[C@]12C. The number of hydrogen-bond acceptors (Lipinski definition) is 2. The highest BCUT2D eigenvalue weighted by molar-refractivity contribution is 5.82. The van der Waals surface area contributed by atoms with Crippen LogP contribution < -0.4 is 0 Å². The Labute approximate surface area is 194 Å². The van der Waals surface area contributed by atoms with E-state index in [4.69, 9.17) is 0 Å². The molecule has 1 aromatic carbocycles. The number of aryl methyl sites for hydroxylation is 2. The highest BCUT2D eigenvalue weighted by atomic mass is 16.3. The van der Waals surface area contributed by atoms with E-state index in [0.29, 0.717) is 18.1 Å². The zero-order valence-corrected chi connectivity index (χ0v) is 20.6. The lowest BCUT2D eigenvalue weighted by molar-refractivity contribution is -0.129. The van der Waals surface area contributed by atoms with Crippen LogP contribution in [0.25, 0.3) is 0 Å². The topological polar surface area (TPSA) is 37.3 Å². The van der Waals surface area contributed by atoms with Crippen LogP contribution >= 0.6 is 0 Å². The minimum Gasteiger partial charge on any atom is -0.393 e. The molecule has 7 atom stereocenters. The van der Waals surface area contributed by atoms with Gasteiger partial charge in [-0.1, -0.05) is 43.7 Å². The molecule has 1 unspecified atom stereocenters. The lowest BCUT2D eigenvalue weighted by Crippen LogP contribution is -2.51. The maximum absolute atomic E-state index is 13.5. The van der Waals surface area contributed by atoms with E-state index in [9.17, 15) is 9.90 Å². The molecule has 2 heteroatoms. The summed E-state index contributed by atoms with van der Waals surface area (Å²) in [5, 5.41) is 10.2. The lowest BCUT2D eigenvalue weighted by atomic mass is 9.47. The Bertz CT molecular complexity index is 909. The molecule has 2 nitrogen and oxygen atoms in total. The third-order valence-corrected chi connectivity index (χ3v) is 10.7. The van der Waals surface area contributed by atoms with E-state index >= 15 is 0 Å². The maximum Gasteiger partial charge on any atom is 0.136 e. The molecule has 0 radical (unpaired) electrons. The first-order chi connectivity index (χ1) is 15.2. The molecule has 0 aromatic heterocycles. The lowest BCUT2D eigenvalue weighted by Gasteiger charge is -2.58. The number of carbonyl (C=O) groups excluding carboxylic acids is 1. The van der Waals surface area contributed by atoms with Crippen LogP contribution in [0.2, 0.25) is 0 Å². The predicted octanol–water partition coefficient (Wildman–Crippen LogP) is 6.75. The number of benzene rings is 1. The van der Waals surface area contributed by atoms with Crippen molar-refractivity contribution >= 4 is 5.78 Å². The summed E-state index contributed by atoms with van der Waals surface area (Å²) in [4.78, 5) is 13.5. The molecule has 0 amide bonds. The number of carbonyl (C=O) groups is 1. The van der Waals surface area contributed by atoms with Crippen molar-refractivity contribution in [1.82, 2.24) is 0 Å². The number of ketones is 1. The zero-order valence-electron chi connectivity index (χ0n) is 20.6. The van der Waals surface area contributed by atoms with E-state index in [1.165, 1.54) is 42.4 Å². The number of Topliss-reactive ketones (excluding diaryl/α,β-unsaturated/α-hetero) is 1. The number of hydrogen-bond donors (Lipinski definition) is 1. The summed E-state index contributed by atoms with van der Waals surface area (Å²) < 4.78 is 0. The second-order valence-electron chi connectivity index (χ2n) is 12.2. The van der Waals surface area contributed by atoms with Crippen molar-refractivity contribution in [2.24, 2.45) is 34.5 Å². The van der Waals surface area contributed by atoms with Crippen LogP contribution in [0.15, 0.2) is 29.8 Å². The molecule has 174 valence electrons. The smallest absolute Gasteiger partial charge is 0.136 e. The fraction of sp³-hybridized carbons (Fsp3) is 0.700. The zero-order chi connectivity index (χ0) is 22.7. The molecule has 1 N–H and O–H groups in total. The van der Waals surface area contributed by atoms with E-state index in [1.807, 2.05) is 0 Å². The van der Waals surface area contributed by atoms with Crippen molar-refractivity contribution in [3.05, 3.63) is 46.5 Å². The Balaban J connectivity index is 1.32. The van der Waals surface area contributed by atoms with Crippen LogP contribution in [0.5, 0.6) is 0 Å². The Hall–Kier alpha value is -1.41. The van der Waals surface area contributed by atoms with E-state index in [1.54, 1.807) is 5.57 Å². The fourth-order valence-electron chi connectivity index (χ4n) is 8.84. The fourth-order valence-corrected chi connectivity index (χ4v) is 8.84. The Kier molecular flexibility index (Phi) is 5.68. The van der Waals surface area contributed by atoms with Crippen molar-refractivity contribution in [1.29, 1.82) is 0 Å². The normalized spacial score (nSPS) is 40.8. The summed E-state index contributed by atoms with van der Waals surface area (Å²) in [6.45, 7) is 9.31. The summed E-state index contributed by atoms with van der Waals surface area (Å²) >= 11 is 0. The molecule has 0 heterocycles. The first-order valence-corrected chi connectivity index (χ1v) is 13.2. The number of fused-ring (bicyclic) bond motifs is 5. The highest BCUT2D eigenvalue weighted by Gasteiger charge is 2.59. The van der Waals surface area contributed by atoms with E-state index in [2.05, 4.69) is 52.0 Å². The van der Waals surface area contributed by atoms with Crippen LogP contribution in [0.4, 0.5) is 0 Å². The third kappa shape index (κ3) is 3.44. The van der Waals surface area contributed by atoms with Crippen molar-refractivity contribution in [2.45, 2.75) is 98.0 Å². The van der Waals surface area contributed by atoms with Crippen molar-refractivity contribution in [3.63, 3.8) is 0 Å². The Morgan fingerprint density at radius 2 is 1.78 bits per heavy atom. The molecule has 0 bridgehead atoms. The largest absolute Gasteiger partial charge is 0.393 e. The highest BCUT2D eigenvalue weighted by Crippen LogP contribution is 2.66. The van der Waals surface area contributed by atoms with Crippen molar-refractivity contribution in [3.8, 4) is 0 Å². The number of aliphatic hydroxyl groups excluding tert-OH is 1. The first-order valence-electron chi connectivity index (χ1n) is 13.2. The molecule has 3 fully saturated rings. The van der Waals surface area contributed by atoms with E-state index in [0.717, 1.165) is 43.9 Å². The van der Waals surface area contributed by atoms with Gasteiger partial charge in [0.25, 0.3) is 0 Å². The van der Waals surface area contributed by atoms with Gasteiger partial charge in [-0.15, -0.1) is 0 Å². The summed E-state index contributed by atoms with van der Waals surface area (Å²) in [6, 6.07) is 6.47. The summed E-state index contributed by atoms with van der Waals surface area (Å²) in [7, 11) is 0. The molecule has 4 aliphatic carbocycles. The van der Waals surface area contributed by atoms with Gasteiger partial charge in [0, 0.05) is 12.3 Å². The molecule has 0 saturated heterocycles. The van der Waals surface area contributed by atoms with Crippen LogP contribution in [-0.2, 0) is 11.2 Å². The molecule has 3 saturated carbocycles. The molecular formula is C30H42O2. The number of rotatable bonds is 4. The average Bonchev–Trinajstić information content (AvgIpc) is 3.11. The third-order valence-electron chi connectivity index (χ3n) is 10.7. The molecule has 32 heavy (non-hydrogen) atoms. The van der Waals surface area contributed by atoms with Gasteiger partial charge in [-0.25, -0.2) is 0 Å². The van der Waals surface area contributed by atoms with Crippen LogP contribution in [0.1, 0.15) is 88.3 Å². The van der Waals surface area contributed by atoms with Gasteiger partial charge in [0.1, 0.15) is 5.78 Å². The second kappa shape index (κ2) is 8.12. The van der Waals surface area contributed by atoms with Gasteiger partial charge < -0.3 is 5.11 Å². The van der Waals surface area contributed by atoms with Gasteiger partial charge in [-0.2, -0.15) is 0 Å². The van der Waals surface area contributed by atoms with Gasteiger partial charge in [0.05, 0.1) is 6.10 Å². The Morgan fingerprint density at radius 3 is 2.53 bits per heavy atom. The summed E-state index contributed by atoms with van der Waals surface area (Å²) in [5.41, 5.74) is 6.04. The maximum atomic E-state index is 13.5. The van der Waals surface area contributed by atoms with Gasteiger partial charge in [0.2, 0.25) is 0 Å². The molecule has 5 rings (SSSR count). The molecule has 0 spiro atoms.